The van der Waals surface area contributed by atoms with Crippen molar-refractivity contribution in [1.82, 2.24) is 0 Å². The molecule has 0 bridgehead atoms. The fourth-order valence-electron chi connectivity index (χ4n) is 1.46. The van der Waals surface area contributed by atoms with E-state index in [-0.39, 0.29) is 17.0 Å². The van der Waals surface area contributed by atoms with Crippen LogP contribution in [0.1, 0.15) is 5.56 Å². The van der Waals surface area contributed by atoms with Gasteiger partial charge >= 0.3 is 0 Å². The zero-order valence-electron chi connectivity index (χ0n) is 10.2. The Morgan fingerprint density at radius 1 is 1.25 bits per heavy atom. The van der Waals surface area contributed by atoms with Crippen LogP contribution in [0.4, 0.5) is 11.4 Å². The van der Waals surface area contributed by atoms with Crippen molar-refractivity contribution in [2.45, 2.75) is 0 Å². The summed E-state index contributed by atoms with van der Waals surface area (Å²) in [7, 11) is 0. The minimum atomic E-state index is -0.529. The molecule has 0 spiro atoms. The number of hydrogen-bond acceptors (Lipinski definition) is 5. The molecule has 0 aliphatic carbocycles. The Hall–Kier alpha value is -2.41. The summed E-state index contributed by atoms with van der Waals surface area (Å²) in [6.07, 6.45) is 1.32. The SMILES string of the molecule is O=[N+]([O-])c1ccc(O)c(C=NNc2ccc(Br)cc2)c1. The molecule has 6 nitrogen and oxygen atoms in total. The molecule has 0 heterocycles. The first kappa shape index (κ1) is 14.0. The molecule has 2 rings (SSSR count). The quantitative estimate of drug-likeness (QED) is 0.508. The fourth-order valence-corrected chi connectivity index (χ4v) is 1.72. The molecule has 0 unspecified atom stereocenters. The van der Waals surface area contributed by atoms with E-state index < -0.39 is 4.92 Å². The van der Waals surface area contributed by atoms with E-state index in [0.29, 0.717) is 0 Å². The first-order valence-electron chi connectivity index (χ1n) is 5.58. The van der Waals surface area contributed by atoms with Gasteiger partial charge in [0.25, 0.3) is 5.69 Å². The summed E-state index contributed by atoms with van der Waals surface area (Å²) in [6.45, 7) is 0. The normalized spacial score (nSPS) is 10.7. The lowest BCUT2D eigenvalue weighted by atomic mass is 10.2. The maximum atomic E-state index is 10.7. The molecule has 0 fully saturated rings. The summed E-state index contributed by atoms with van der Waals surface area (Å²) in [4.78, 5) is 10.1. The molecule has 0 aliphatic heterocycles. The molecule has 0 radical (unpaired) electrons. The van der Waals surface area contributed by atoms with Gasteiger partial charge in [-0.05, 0) is 30.3 Å². The number of hydrazone groups is 1. The van der Waals surface area contributed by atoms with Crippen molar-refractivity contribution >= 4 is 33.5 Å². The predicted molar refractivity (Wildman–Crippen MR) is 80.1 cm³/mol. The van der Waals surface area contributed by atoms with Gasteiger partial charge in [0.05, 0.1) is 16.8 Å². The van der Waals surface area contributed by atoms with Crippen LogP contribution in [0.3, 0.4) is 0 Å². The van der Waals surface area contributed by atoms with Crippen molar-refractivity contribution in [1.29, 1.82) is 0 Å². The Balaban J connectivity index is 2.12. The lowest BCUT2D eigenvalue weighted by Crippen LogP contribution is -1.93. The molecule has 0 aromatic heterocycles. The van der Waals surface area contributed by atoms with Gasteiger partial charge in [-0.15, -0.1) is 0 Å². The number of hydrogen-bond donors (Lipinski definition) is 2. The van der Waals surface area contributed by atoms with Gasteiger partial charge in [0.1, 0.15) is 5.75 Å². The van der Waals surface area contributed by atoms with Gasteiger partial charge < -0.3 is 5.11 Å². The number of nitrogens with zero attached hydrogens (tertiary/aromatic N) is 2. The first-order valence-corrected chi connectivity index (χ1v) is 6.37. The molecule has 2 aromatic rings. The summed E-state index contributed by atoms with van der Waals surface area (Å²) in [5.74, 6) is -0.0723. The Morgan fingerprint density at radius 2 is 1.95 bits per heavy atom. The van der Waals surface area contributed by atoms with Crippen molar-refractivity contribution in [3.8, 4) is 5.75 Å². The maximum Gasteiger partial charge on any atom is 0.270 e. The highest BCUT2D eigenvalue weighted by Crippen LogP contribution is 2.21. The third-order valence-corrected chi connectivity index (χ3v) is 2.99. The van der Waals surface area contributed by atoms with Crippen LogP contribution < -0.4 is 5.43 Å². The fraction of sp³-hybridized carbons (Fsp3) is 0. The standard InChI is InChI=1S/C13H10BrN3O3/c14-10-1-3-11(4-2-10)16-15-8-9-7-12(17(19)20)5-6-13(9)18/h1-8,16,18H. The van der Waals surface area contributed by atoms with Crippen LogP contribution in [0, 0.1) is 10.1 Å². The monoisotopic (exact) mass is 335 g/mol. The molecule has 20 heavy (non-hydrogen) atoms. The molecule has 0 saturated carbocycles. The number of aromatic hydroxyl groups is 1. The molecule has 0 atom stereocenters. The van der Waals surface area contributed by atoms with E-state index in [4.69, 9.17) is 0 Å². The molecular formula is C13H10BrN3O3. The number of nitro groups is 1. The lowest BCUT2D eigenvalue weighted by molar-refractivity contribution is -0.384. The van der Waals surface area contributed by atoms with Gasteiger partial charge in [-0.2, -0.15) is 5.10 Å². The van der Waals surface area contributed by atoms with Crippen LogP contribution in [0.2, 0.25) is 0 Å². The van der Waals surface area contributed by atoms with E-state index in [2.05, 4.69) is 26.5 Å². The number of nitrogens with one attached hydrogen (secondary N) is 1. The number of nitro benzene ring substituents is 1. The number of anilines is 1. The number of phenols is 1. The summed E-state index contributed by atoms with van der Waals surface area (Å²) >= 11 is 3.32. The summed E-state index contributed by atoms with van der Waals surface area (Å²) in [5.41, 5.74) is 3.69. The van der Waals surface area contributed by atoms with Crippen LogP contribution in [0.25, 0.3) is 0 Å². The first-order chi connectivity index (χ1) is 9.56. The smallest absolute Gasteiger partial charge is 0.270 e. The van der Waals surface area contributed by atoms with Crippen LogP contribution in [0.5, 0.6) is 5.75 Å². The predicted octanol–water partition coefficient (Wildman–Crippen LogP) is 3.51. The van der Waals surface area contributed by atoms with E-state index in [1.54, 1.807) is 0 Å². The van der Waals surface area contributed by atoms with E-state index in [1.165, 1.54) is 24.4 Å². The van der Waals surface area contributed by atoms with Crippen LogP contribution >= 0.6 is 15.9 Å². The number of benzene rings is 2. The molecule has 0 saturated heterocycles. The highest BCUT2D eigenvalue weighted by atomic mass is 79.9. The number of rotatable bonds is 4. The zero-order chi connectivity index (χ0) is 14.5. The minimum absolute atomic E-state index is 0.0723. The summed E-state index contributed by atoms with van der Waals surface area (Å²) in [5, 5.41) is 24.2. The van der Waals surface area contributed by atoms with Crippen molar-refractivity contribution < 1.29 is 10.0 Å². The highest BCUT2D eigenvalue weighted by Gasteiger charge is 2.08. The number of non-ortho nitro benzene ring substituents is 1. The maximum absolute atomic E-state index is 10.7. The largest absolute Gasteiger partial charge is 0.507 e. The molecule has 7 heteroatoms. The van der Waals surface area contributed by atoms with Crippen molar-refractivity contribution in [3.05, 3.63) is 62.6 Å². The third-order valence-electron chi connectivity index (χ3n) is 2.46. The van der Waals surface area contributed by atoms with E-state index >= 15 is 0 Å². The minimum Gasteiger partial charge on any atom is -0.507 e. The van der Waals surface area contributed by atoms with Gasteiger partial charge in [-0.1, -0.05) is 15.9 Å². The average Bonchev–Trinajstić information content (AvgIpc) is 2.43. The number of phenolic OH excluding ortho intramolecular Hbond substituents is 1. The molecule has 102 valence electrons. The summed E-state index contributed by atoms with van der Waals surface area (Å²) < 4.78 is 0.948. The molecule has 2 aromatic carbocycles. The van der Waals surface area contributed by atoms with Gasteiger partial charge in [0.15, 0.2) is 0 Å². The lowest BCUT2D eigenvalue weighted by Gasteiger charge is -2.01. The van der Waals surface area contributed by atoms with Gasteiger partial charge in [-0.3, -0.25) is 15.5 Å². The van der Waals surface area contributed by atoms with Crippen LogP contribution in [-0.4, -0.2) is 16.2 Å². The number of halogens is 1. The average molecular weight is 336 g/mol. The third kappa shape index (κ3) is 3.55. The highest BCUT2D eigenvalue weighted by molar-refractivity contribution is 9.10. The Labute approximate surface area is 123 Å². The molecule has 0 amide bonds. The zero-order valence-corrected chi connectivity index (χ0v) is 11.7. The van der Waals surface area contributed by atoms with Crippen molar-refractivity contribution in [2.24, 2.45) is 5.10 Å². The Morgan fingerprint density at radius 3 is 2.60 bits per heavy atom. The molecular weight excluding hydrogens is 326 g/mol. The summed E-state index contributed by atoms with van der Waals surface area (Å²) in [6, 6.07) is 11.1. The van der Waals surface area contributed by atoms with Gasteiger partial charge in [0.2, 0.25) is 0 Å². The van der Waals surface area contributed by atoms with Crippen molar-refractivity contribution in [2.75, 3.05) is 5.43 Å². The Bertz CT molecular complexity index is 656. The topological polar surface area (TPSA) is 87.8 Å². The van der Waals surface area contributed by atoms with Crippen LogP contribution in [-0.2, 0) is 0 Å². The molecule has 2 N–H and O–H groups in total. The second-order valence-electron chi connectivity index (χ2n) is 3.88. The van der Waals surface area contributed by atoms with Gasteiger partial charge in [0, 0.05) is 22.2 Å². The van der Waals surface area contributed by atoms with E-state index in [9.17, 15) is 15.2 Å². The van der Waals surface area contributed by atoms with Crippen molar-refractivity contribution in [3.63, 3.8) is 0 Å². The van der Waals surface area contributed by atoms with Crippen LogP contribution in [0.15, 0.2) is 52.0 Å². The molecule has 0 aliphatic rings. The second-order valence-corrected chi connectivity index (χ2v) is 4.79. The van der Waals surface area contributed by atoms with Gasteiger partial charge in [-0.25, -0.2) is 0 Å². The van der Waals surface area contributed by atoms with E-state index in [0.717, 1.165) is 10.2 Å². The second kappa shape index (κ2) is 6.16. The van der Waals surface area contributed by atoms with E-state index in [1.807, 2.05) is 24.3 Å². The Kier molecular flexibility index (Phi) is 4.31.